The molecule has 1 aliphatic rings. The van der Waals surface area contributed by atoms with E-state index in [1.165, 1.54) is 41.0 Å². The van der Waals surface area contributed by atoms with Gasteiger partial charge in [0.1, 0.15) is 4.60 Å². The van der Waals surface area contributed by atoms with E-state index in [1.54, 1.807) is 47.5 Å². The third kappa shape index (κ3) is 11.9. The van der Waals surface area contributed by atoms with E-state index in [-0.39, 0.29) is 11.2 Å². The number of thiazole rings is 2. The highest BCUT2D eigenvalue weighted by molar-refractivity contribution is 9.10. The number of nitrogens with one attached hydrogen (secondary N) is 2. The van der Waals surface area contributed by atoms with Gasteiger partial charge in [0, 0.05) is 57.9 Å². The van der Waals surface area contributed by atoms with E-state index in [0.29, 0.717) is 42.0 Å². The molecule has 0 saturated carbocycles. The molecule has 5 heterocycles. The van der Waals surface area contributed by atoms with E-state index in [4.69, 9.17) is 32.5 Å². The van der Waals surface area contributed by atoms with Crippen LogP contribution in [0.25, 0.3) is 11.3 Å². The Bertz CT molecular complexity index is 2240. The fourth-order valence-corrected chi connectivity index (χ4v) is 6.92. The summed E-state index contributed by atoms with van der Waals surface area (Å²) in [5.41, 5.74) is 0.875. The van der Waals surface area contributed by atoms with E-state index >= 15 is 0 Å². The highest BCUT2D eigenvalue weighted by atomic mass is 79.9. The molecule has 7 rings (SSSR count). The summed E-state index contributed by atoms with van der Waals surface area (Å²) < 4.78 is 87.9. The molecule has 1 fully saturated rings. The average molecular weight is 918 g/mol. The smallest absolute Gasteiger partial charge is 0.399 e. The van der Waals surface area contributed by atoms with Gasteiger partial charge in [-0.25, -0.2) is 9.97 Å². The number of hydrogen-bond donors (Lipinski definition) is 2. The fraction of sp³-hybridized carbons (Fsp3) is 0.222. The summed E-state index contributed by atoms with van der Waals surface area (Å²) in [6.07, 6.45) is -2.27. The van der Waals surface area contributed by atoms with Crippen molar-refractivity contribution in [2.45, 2.75) is 51.2 Å². The summed E-state index contributed by atoms with van der Waals surface area (Å²) in [5.74, 6) is 0. The number of halogens is 9. The molecule has 0 unspecified atom stereocenters. The molecule has 0 bridgehead atoms. The van der Waals surface area contributed by atoms with Crippen LogP contribution in [0.1, 0.15) is 38.8 Å². The Balaban J connectivity index is 0.000000164. The maximum atomic E-state index is 12.7. The van der Waals surface area contributed by atoms with Gasteiger partial charge >= 0.3 is 19.5 Å². The van der Waals surface area contributed by atoms with Crippen molar-refractivity contribution in [1.82, 2.24) is 19.9 Å². The van der Waals surface area contributed by atoms with Crippen LogP contribution in [0.5, 0.6) is 0 Å². The Morgan fingerprint density at radius 2 is 1.18 bits per heavy atom. The van der Waals surface area contributed by atoms with Crippen LogP contribution in [-0.4, -0.2) is 38.3 Å². The molecule has 4 aromatic heterocycles. The Morgan fingerprint density at radius 3 is 1.66 bits per heavy atom. The highest BCUT2D eigenvalue weighted by Gasteiger charge is 2.51. The number of benzene rings is 2. The van der Waals surface area contributed by atoms with Crippen molar-refractivity contribution in [2.24, 2.45) is 0 Å². The van der Waals surface area contributed by atoms with Crippen LogP contribution in [0.2, 0.25) is 10.0 Å². The monoisotopic (exact) mass is 916 g/mol. The molecule has 56 heavy (non-hydrogen) atoms. The zero-order chi connectivity index (χ0) is 40.9. The van der Waals surface area contributed by atoms with Crippen molar-refractivity contribution in [3.63, 3.8) is 0 Å². The molecule has 0 amide bonds. The minimum absolute atomic E-state index is 0.324. The highest BCUT2D eigenvalue weighted by Crippen LogP contribution is 2.37. The third-order valence-corrected chi connectivity index (χ3v) is 10.8. The zero-order valence-electron chi connectivity index (χ0n) is 29.6. The van der Waals surface area contributed by atoms with Crippen molar-refractivity contribution in [3.8, 4) is 11.3 Å². The van der Waals surface area contributed by atoms with Gasteiger partial charge in [-0.2, -0.15) is 26.3 Å². The lowest BCUT2D eigenvalue weighted by atomic mass is 9.80. The number of rotatable bonds is 6. The Labute approximate surface area is 344 Å². The van der Waals surface area contributed by atoms with Crippen LogP contribution in [0, 0.1) is 0 Å². The molecule has 8 nitrogen and oxygen atoms in total. The third-order valence-electron chi connectivity index (χ3n) is 8.11. The van der Waals surface area contributed by atoms with Crippen molar-refractivity contribution in [2.75, 3.05) is 10.6 Å². The maximum absolute atomic E-state index is 12.7. The Kier molecular flexibility index (Phi) is 13.8. The van der Waals surface area contributed by atoms with Gasteiger partial charge in [0.2, 0.25) is 0 Å². The summed E-state index contributed by atoms with van der Waals surface area (Å²) in [6.45, 7) is 8.08. The standard InChI is InChI=1S/C15H9ClF3N3S.C11H15BClNO2.C10H6BrF3N2S/c16-11-4-9(6-20-7-11)13-8-23-14(22-13)21-12-3-1-2-10(5-12)15(17,18)19;1-10(2)11(3,4)16-12(15-10)8-5-9(13)7-14-6-8;11-8-5-17-9(16-8)15-7-3-1-2-6(4-7)10(12,13)14/h1-8H,(H,21,22);5-7H,1-4H3;1-5H,(H,15,16). The first kappa shape index (κ1) is 43.3. The van der Waals surface area contributed by atoms with E-state index in [9.17, 15) is 26.3 Å². The Hall–Kier alpha value is -3.78. The summed E-state index contributed by atoms with van der Waals surface area (Å²) >= 11 is 17.5. The lowest BCUT2D eigenvalue weighted by Gasteiger charge is -2.32. The van der Waals surface area contributed by atoms with Gasteiger partial charge < -0.3 is 19.9 Å². The molecule has 0 aliphatic carbocycles. The van der Waals surface area contributed by atoms with Crippen LogP contribution < -0.4 is 16.1 Å². The SMILES string of the molecule is CC1(C)OB(c2cncc(Cl)c2)OC1(C)C.FC(F)(F)c1cccc(Nc2nc(-c3cncc(Cl)c3)cs2)c1.FC(F)(F)c1cccc(Nc2nc(Br)cs2)c1. The summed E-state index contributed by atoms with van der Waals surface area (Å²) in [6, 6.07) is 13.5. The van der Waals surface area contributed by atoms with E-state index in [2.05, 4.69) is 46.5 Å². The van der Waals surface area contributed by atoms with Crippen molar-refractivity contribution >= 4 is 96.0 Å². The molecule has 294 valence electrons. The van der Waals surface area contributed by atoms with E-state index < -0.39 is 30.6 Å². The second-order valence-electron chi connectivity index (χ2n) is 12.8. The molecule has 6 aromatic rings. The number of alkyl halides is 6. The largest absolute Gasteiger partial charge is 0.496 e. The Morgan fingerprint density at radius 1 is 0.679 bits per heavy atom. The maximum Gasteiger partial charge on any atom is 0.496 e. The first-order valence-corrected chi connectivity index (χ1v) is 19.5. The molecule has 1 saturated heterocycles. The molecule has 0 spiro atoms. The van der Waals surface area contributed by atoms with Crippen LogP contribution in [0.4, 0.5) is 48.0 Å². The van der Waals surface area contributed by atoms with E-state index in [1.807, 2.05) is 33.8 Å². The van der Waals surface area contributed by atoms with Crippen LogP contribution in [0.15, 0.2) is 101 Å². The second-order valence-corrected chi connectivity index (χ2v) is 16.2. The number of aromatic nitrogens is 4. The van der Waals surface area contributed by atoms with Crippen LogP contribution in [-0.2, 0) is 21.7 Å². The lowest BCUT2D eigenvalue weighted by molar-refractivity contribution is -0.138. The normalized spacial score (nSPS) is 14.6. The number of anilines is 4. The predicted octanol–water partition coefficient (Wildman–Crippen LogP) is 12.3. The predicted molar refractivity (Wildman–Crippen MR) is 215 cm³/mol. The quantitative estimate of drug-likeness (QED) is 0.126. The van der Waals surface area contributed by atoms with E-state index in [0.717, 1.165) is 35.3 Å². The van der Waals surface area contributed by atoms with Crippen LogP contribution in [0.3, 0.4) is 0 Å². The number of pyridine rings is 2. The van der Waals surface area contributed by atoms with Gasteiger partial charge in [0.15, 0.2) is 10.3 Å². The van der Waals surface area contributed by atoms with Crippen molar-refractivity contribution in [3.05, 3.63) is 122 Å². The van der Waals surface area contributed by atoms with Crippen molar-refractivity contribution in [1.29, 1.82) is 0 Å². The molecular weight excluding hydrogens is 888 g/mol. The average Bonchev–Trinajstić information content (AvgIpc) is 3.81. The van der Waals surface area contributed by atoms with Gasteiger partial charge in [0.05, 0.1) is 38.1 Å². The molecular formula is C36H30BBrCl2F6N6O2S2. The molecule has 2 aromatic carbocycles. The molecule has 0 atom stereocenters. The molecule has 0 radical (unpaired) electrons. The summed E-state index contributed by atoms with van der Waals surface area (Å²) in [5, 5.41) is 11.3. The number of nitrogens with zero attached hydrogens (tertiary/aromatic N) is 4. The first-order valence-electron chi connectivity index (χ1n) is 16.2. The molecule has 1 aliphatic heterocycles. The lowest BCUT2D eigenvalue weighted by Crippen LogP contribution is -2.41. The summed E-state index contributed by atoms with van der Waals surface area (Å²) in [7, 11) is -0.392. The van der Waals surface area contributed by atoms with Crippen LogP contribution >= 0.6 is 61.8 Å². The van der Waals surface area contributed by atoms with Gasteiger partial charge in [-0.3, -0.25) is 9.97 Å². The minimum Gasteiger partial charge on any atom is -0.399 e. The zero-order valence-corrected chi connectivity index (χ0v) is 34.4. The first-order chi connectivity index (χ1) is 26.2. The molecule has 2 N–H and O–H groups in total. The number of hydrogen-bond acceptors (Lipinski definition) is 10. The van der Waals surface area contributed by atoms with Gasteiger partial charge in [-0.1, -0.05) is 35.3 Å². The van der Waals surface area contributed by atoms with Gasteiger partial charge in [-0.05, 0) is 92.2 Å². The molecule has 20 heteroatoms. The summed E-state index contributed by atoms with van der Waals surface area (Å²) in [4.78, 5) is 16.4. The van der Waals surface area contributed by atoms with Gasteiger partial charge in [0.25, 0.3) is 0 Å². The minimum atomic E-state index is -4.38. The fourth-order valence-electron chi connectivity index (χ4n) is 4.66. The second kappa shape index (κ2) is 17.8. The van der Waals surface area contributed by atoms with Gasteiger partial charge in [-0.15, -0.1) is 22.7 Å². The van der Waals surface area contributed by atoms with Crippen molar-refractivity contribution < 1.29 is 35.7 Å². The topological polar surface area (TPSA) is 94.1 Å².